The SMILES string of the molecule is CC1CCC(CNC2CCc3cc(O)ccc3C2Cc2cnc[nH]2)CC1. The lowest BCUT2D eigenvalue weighted by Gasteiger charge is -2.36. The number of aryl methyl sites for hydroxylation is 1. The number of phenolic OH excluding ortho intramolecular Hbond substituents is 1. The first kappa shape index (κ1) is 17.6. The van der Waals surface area contributed by atoms with Gasteiger partial charge in [-0.25, -0.2) is 4.98 Å². The van der Waals surface area contributed by atoms with Crippen molar-refractivity contribution in [2.24, 2.45) is 11.8 Å². The molecule has 0 amide bonds. The van der Waals surface area contributed by atoms with Gasteiger partial charge in [0.2, 0.25) is 0 Å². The van der Waals surface area contributed by atoms with Crippen LogP contribution in [-0.4, -0.2) is 27.7 Å². The number of aromatic nitrogens is 2. The quantitative estimate of drug-likeness (QED) is 0.756. The fourth-order valence-corrected chi connectivity index (χ4v) is 4.88. The lowest BCUT2D eigenvalue weighted by molar-refractivity contribution is 0.262. The Hall–Kier alpha value is -1.81. The molecule has 2 aliphatic carbocycles. The molecule has 2 atom stereocenters. The molecule has 4 heteroatoms. The molecule has 140 valence electrons. The number of rotatable bonds is 5. The molecule has 26 heavy (non-hydrogen) atoms. The zero-order valence-electron chi connectivity index (χ0n) is 15.7. The Morgan fingerprint density at radius 3 is 2.81 bits per heavy atom. The highest BCUT2D eigenvalue weighted by atomic mass is 16.3. The van der Waals surface area contributed by atoms with Gasteiger partial charge in [0.05, 0.1) is 6.33 Å². The van der Waals surface area contributed by atoms with E-state index in [1.54, 1.807) is 6.33 Å². The van der Waals surface area contributed by atoms with Crippen LogP contribution in [0.5, 0.6) is 5.75 Å². The van der Waals surface area contributed by atoms with Gasteiger partial charge in [-0.3, -0.25) is 0 Å². The Kier molecular flexibility index (Phi) is 5.30. The Balaban J connectivity index is 1.48. The van der Waals surface area contributed by atoms with Crippen molar-refractivity contribution in [3.8, 4) is 5.75 Å². The van der Waals surface area contributed by atoms with Gasteiger partial charge in [-0.2, -0.15) is 0 Å². The summed E-state index contributed by atoms with van der Waals surface area (Å²) in [6.07, 6.45) is 12.4. The van der Waals surface area contributed by atoms with Gasteiger partial charge in [0.25, 0.3) is 0 Å². The molecule has 0 bridgehead atoms. The molecule has 1 aromatic heterocycles. The summed E-state index contributed by atoms with van der Waals surface area (Å²) >= 11 is 0. The van der Waals surface area contributed by atoms with Crippen molar-refractivity contribution in [2.75, 3.05) is 6.54 Å². The van der Waals surface area contributed by atoms with Crippen LogP contribution in [0.4, 0.5) is 0 Å². The van der Waals surface area contributed by atoms with Crippen LogP contribution in [0.1, 0.15) is 61.8 Å². The van der Waals surface area contributed by atoms with Crippen molar-refractivity contribution in [3.05, 3.63) is 47.5 Å². The minimum Gasteiger partial charge on any atom is -0.508 e. The number of H-pyrrole nitrogens is 1. The van der Waals surface area contributed by atoms with Crippen LogP contribution in [0.15, 0.2) is 30.7 Å². The molecular weight excluding hydrogens is 322 g/mol. The molecule has 3 N–H and O–H groups in total. The standard InChI is InChI=1S/C22H31N3O/c1-15-2-4-16(5-3-15)12-24-22-9-6-17-10-19(26)7-8-20(17)21(22)11-18-13-23-14-25-18/h7-8,10,13-16,21-22,24,26H,2-6,9,11-12H2,1H3,(H,23,25). The smallest absolute Gasteiger partial charge is 0.115 e. The van der Waals surface area contributed by atoms with E-state index in [0.717, 1.165) is 37.6 Å². The maximum atomic E-state index is 9.86. The summed E-state index contributed by atoms with van der Waals surface area (Å²) in [5, 5.41) is 13.8. The van der Waals surface area contributed by atoms with E-state index >= 15 is 0 Å². The number of hydrogen-bond acceptors (Lipinski definition) is 3. The van der Waals surface area contributed by atoms with E-state index in [4.69, 9.17) is 0 Å². The average molecular weight is 354 g/mol. The van der Waals surface area contributed by atoms with E-state index in [-0.39, 0.29) is 0 Å². The fourth-order valence-electron chi connectivity index (χ4n) is 4.88. The minimum absolute atomic E-state index is 0.381. The highest BCUT2D eigenvalue weighted by Gasteiger charge is 2.31. The third-order valence-electron chi connectivity index (χ3n) is 6.54. The van der Waals surface area contributed by atoms with E-state index in [1.165, 1.54) is 42.5 Å². The van der Waals surface area contributed by atoms with Gasteiger partial charge in [-0.15, -0.1) is 0 Å². The van der Waals surface area contributed by atoms with Gasteiger partial charge in [0, 0.05) is 23.9 Å². The molecule has 2 aliphatic rings. The van der Waals surface area contributed by atoms with Crippen molar-refractivity contribution in [1.82, 2.24) is 15.3 Å². The highest BCUT2D eigenvalue weighted by Crippen LogP contribution is 2.36. The Morgan fingerprint density at radius 2 is 2.04 bits per heavy atom. The maximum Gasteiger partial charge on any atom is 0.115 e. The van der Waals surface area contributed by atoms with E-state index in [0.29, 0.717) is 17.7 Å². The van der Waals surface area contributed by atoms with E-state index < -0.39 is 0 Å². The van der Waals surface area contributed by atoms with E-state index in [2.05, 4.69) is 28.3 Å². The molecule has 0 saturated heterocycles. The summed E-state index contributed by atoms with van der Waals surface area (Å²) in [6.45, 7) is 3.53. The first-order valence-corrected chi connectivity index (χ1v) is 10.2. The summed E-state index contributed by atoms with van der Waals surface area (Å²) in [5.41, 5.74) is 3.88. The van der Waals surface area contributed by atoms with Crippen LogP contribution in [0.3, 0.4) is 0 Å². The summed E-state index contributed by atoms with van der Waals surface area (Å²) in [5.74, 6) is 2.56. The number of nitrogens with one attached hydrogen (secondary N) is 2. The van der Waals surface area contributed by atoms with Gasteiger partial charge >= 0.3 is 0 Å². The molecule has 1 saturated carbocycles. The van der Waals surface area contributed by atoms with E-state index in [1.807, 2.05) is 18.3 Å². The maximum absolute atomic E-state index is 9.86. The Labute approximate surface area is 156 Å². The predicted octanol–water partition coefficient (Wildman–Crippen LogP) is 4.17. The van der Waals surface area contributed by atoms with Crippen LogP contribution >= 0.6 is 0 Å². The normalized spacial score (nSPS) is 28.7. The summed E-state index contributed by atoms with van der Waals surface area (Å²) < 4.78 is 0. The monoisotopic (exact) mass is 353 g/mol. The van der Waals surface area contributed by atoms with Gasteiger partial charge < -0.3 is 15.4 Å². The predicted molar refractivity (Wildman–Crippen MR) is 104 cm³/mol. The largest absolute Gasteiger partial charge is 0.508 e. The van der Waals surface area contributed by atoms with Crippen molar-refractivity contribution >= 4 is 0 Å². The number of phenols is 1. The van der Waals surface area contributed by atoms with Crippen molar-refractivity contribution in [2.45, 2.75) is 63.8 Å². The molecule has 1 fully saturated rings. The van der Waals surface area contributed by atoms with Gasteiger partial charge in [-0.1, -0.05) is 25.8 Å². The topological polar surface area (TPSA) is 60.9 Å². The van der Waals surface area contributed by atoms with Crippen LogP contribution in [0.25, 0.3) is 0 Å². The third-order valence-corrected chi connectivity index (χ3v) is 6.54. The van der Waals surface area contributed by atoms with Crippen LogP contribution < -0.4 is 5.32 Å². The third kappa shape index (κ3) is 3.96. The van der Waals surface area contributed by atoms with E-state index in [9.17, 15) is 5.11 Å². The average Bonchev–Trinajstić information content (AvgIpc) is 3.15. The number of fused-ring (bicyclic) bond motifs is 1. The summed E-state index contributed by atoms with van der Waals surface area (Å²) in [6, 6.07) is 6.41. The van der Waals surface area contributed by atoms with Crippen molar-refractivity contribution in [1.29, 1.82) is 0 Å². The highest BCUT2D eigenvalue weighted by molar-refractivity contribution is 5.40. The first-order chi connectivity index (χ1) is 12.7. The summed E-state index contributed by atoms with van der Waals surface area (Å²) in [4.78, 5) is 7.46. The van der Waals surface area contributed by atoms with Crippen molar-refractivity contribution < 1.29 is 5.11 Å². The molecule has 2 unspecified atom stereocenters. The fraction of sp³-hybridized carbons (Fsp3) is 0.591. The molecule has 1 heterocycles. The van der Waals surface area contributed by atoms with Crippen molar-refractivity contribution in [3.63, 3.8) is 0 Å². The second-order valence-electron chi connectivity index (χ2n) is 8.45. The second kappa shape index (κ2) is 7.83. The number of benzene rings is 1. The molecule has 0 spiro atoms. The first-order valence-electron chi connectivity index (χ1n) is 10.2. The minimum atomic E-state index is 0.381. The summed E-state index contributed by atoms with van der Waals surface area (Å²) in [7, 11) is 0. The molecule has 2 aromatic rings. The molecule has 0 aliphatic heterocycles. The zero-order chi connectivity index (χ0) is 17.9. The second-order valence-corrected chi connectivity index (χ2v) is 8.45. The lowest BCUT2D eigenvalue weighted by Crippen LogP contribution is -2.42. The molecule has 1 aromatic carbocycles. The molecule has 4 rings (SSSR count). The lowest BCUT2D eigenvalue weighted by atomic mass is 9.76. The molecule has 0 radical (unpaired) electrons. The van der Waals surface area contributed by atoms with Crippen LogP contribution in [0, 0.1) is 11.8 Å². The van der Waals surface area contributed by atoms with Crippen LogP contribution in [-0.2, 0) is 12.8 Å². The number of nitrogens with zero attached hydrogens (tertiary/aromatic N) is 1. The molecular formula is C22H31N3O. The number of aromatic amines is 1. The Bertz CT molecular complexity index is 704. The number of hydrogen-bond donors (Lipinski definition) is 3. The van der Waals surface area contributed by atoms with Gasteiger partial charge in [0.15, 0.2) is 0 Å². The van der Waals surface area contributed by atoms with Crippen LogP contribution in [0.2, 0.25) is 0 Å². The van der Waals surface area contributed by atoms with Gasteiger partial charge in [0.1, 0.15) is 5.75 Å². The number of aromatic hydroxyl groups is 1. The number of imidazole rings is 1. The Morgan fingerprint density at radius 1 is 1.19 bits per heavy atom. The molecule has 4 nitrogen and oxygen atoms in total. The zero-order valence-corrected chi connectivity index (χ0v) is 15.7. The van der Waals surface area contributed by atoms with Gasteiger partial charge in [-0.05, 0) is 73.7 Å².